The number of ether oxygens (including phenoxy) is 2. The Labute approximate surface area is 139 Å². The standard InChI is InChI=1S/C16H22BrNO4/c1-21-16(20)12-2-3-13(14(17)8-12)9-18-15(10-19)11-4-6-22-7-5-11/h2-3,8,11,15,18-19H,4-7,9-10H2,1H3. The molecule has 122 valence electrons. The van der Waals surface area contributed by atoms with Gasteiger partial charge in [-0.3, -0.25) is 0 Å². The van der Waals surface area contributed by atoms with E-state index in [-0.39, 0.29) is 18.6 Å². The summed E-state index contributed by atoms with van der Waals surface area (Å²) in [6, 6.07) is 5.46. The molecule has 0 aromatic heterocycles. The van der Waals surface area contributed by atoms with Gasteiger partial charge in [-0.2, -0.15) is 0 Å². The number of aliphatic hydroxyl groups excluding tert-OH is 1. The largest absolute Gasteiger partial charge is 0.465 e. The maximum atomic E-state index is 11.5. The van der Waals surface area contributed by atoms with Gasteiger partial charge in [-0.25, -0.2) is 4.79 Å². The van der Waals surface area contributed by atoms with Crippen molar-refractivity contribution in [2.75, 3.05) is 26.9 Å². The average Bonchev–Trinajstić information content (AvgIpc) is 2.56. The van der Waals surface area contributed by atoms with Gasteiger partial charge in [0.05, 0.1) is 19.3 Å². The first-order valence-corrected chi connectivity index (χ1v) is 8.23. The maximum absolute atomic E-state index is 11.5. The fourth-order valence-electron chi connectivity index (χ4n) is 2.68. The fraction of sp³-hybridized carbons (Fsp3) is 0.562. The van der Waals surface area contributed by atoms with Crippen LogP contribution in [-0.4, -0.2) is 44.0 Å². The topological polar surface area (TPSA) is 67.8 Å². The molecule has 0 bridgehead atoms. The maximum Gasteiger partial charge on any atom is 0.337 e. The van der Waals surface area contributed by atoms with Gasteiger partial charge in [0.2, 0.25) is 0 Å². The van der Waals surface area contributed by atoms with Crippen molar-refractivity contribution >= 4 is 21.9 Å². The molecule has 1 heterocycles. The highest BCUT2D eigenvalue weighted by atomic mass is 79.9. The molecule has 1 aromatic rings. The van der Waals surface area contributed by atoms with Crippen LogP contribution < -0.4 is 5.32 Å². The van der Waals surface area contributed by atoms with Crippen molar-refractivity contribution in [3.8, 4) is 0 Å². The Balaban J connectivity index is 1.96. The number of hydrogen-bond donors (Lipinski definition) is 2. The second kappa shape index (κ2) is 8.62. The van der Waals surface area contributed by atoms with E-state index < -0.39 is 0 Å². The Morgan fingerprint density at radius 2 is 2.23 bits per heavy atom. The number of hydrogen-bond acceptors (Lipinski definition) is 5. The zero-order valence-electron chi connectivity index (χ0n) is 12.7. The molecule has 0 saturated carbocycles. The quantitative estimate of drug-likeness (QED) is 0.749. The molecule has 0 spiro atoms. The van der Waals surface area contributed by atoms with Gasteiger partial charge >= 0.3 is 5.97 Å². The number of benzene rings is 1. The first kappa shape index (κ1) is 17.4. The highest BCUT2D eigenvalue weighted by Crippen LogP contribution is 2.22. The summed E-state index contributed by atoms with van der Waals surface area (Å²) in [5.41, 5.74) is 1.56. The average molecular weight is 372 g/mol. The minimum Gasteiger partial charge on any atom is -0.465 e. The van der Waals surface area contributed by atoms with Crippen LogP contribution in [0.2, 0.25) is 0 Å². The predicted molar refractivity (Wildman–Crippen MR) is 86.7 cm³/mol. The third-order valence-corrected chi connectivity index (χ3v) is 4.80. The van der Waals surface area contributed by atoms with E-state index in [1.54, 1.807) is 12.1 Å². The molecule has 1 atom stereocenters. The molecule has 1 unspecified atom stereocenters. The lowest BCUT2D eigenvalue weighted by Gasteiger charge is -2.30. The molecule has 6 heteroatoms. The van der Waals surface area contributed by atoms with Crippen LogP contribution in [0.5, 0.6) is 0 Å². The highest BCUT2D eigenvalue weighted by molar-refractivity contribution is 9.10. The summed E-state index contributed by atoms with van der Waals surface area (Å²) >= 11 is 3.48. The molecule has 0 amide bonds. The first-order valence-electron chi connectivity index (χ1n) is 7.44. The highest BCUT2D eigenvalue weighted by Gasteiger charge is 2.23. The number of nitrogens with one attached hydrogen (secondary N) is 1. The molecule has 1 aliphatic rings. The van der Waals surface area contributed by atoms with Crippen molar-refractivity contribution in [1.82, 2.24) is 5.32 Å². The van der Waals surface area contributed by atoms with Gasteiger partial charge in [0.15, 0.2) is 0 Å². The molecule has 5 nitrogen and oxygen atoms in total. The number of aliphatic hydroxyl groups is 1. The van der Waals surface area contributed by atoms with E-state index in [4.69, 9.17) is 9.47 Å². The van der Waals surface area contributed by atoms with Gasteiger partial charge in [-0.05, 0) is 36.5 Å². The smallest absolute Gasteiger partial charge is 0.337 e. The number of methoxy groups -OCH3 is 1. The molecular weight excluding hydrogens is 350 g/mol. The number of rotatable bonds is 6. The molecule has 22 heavy (non-hydrogen) atoms. The van der Waals surface area contributed by atoms with E-state index in [1.165, 1.54) is 7.11 Å². The van der Waals surface area contributed by atoms with Crippen LogP contribution in [0.3, 0.4) is 0 Å². The first-order chi connectivity index (χ1) is 10.7. The lowest BCUT2D eigenvalue weighted by Crippen LogP contribution is -2.41. The third kappa shape index (κ3) is 4.52. The summed E-state index contributed by atoms with van der Waals surface area (Å²) in [6.07, 6.45) is 1.95. The minimum absolute atomic E-state index is 0.0658. The van der Waals surface area contributed by atoms with Crippen LogP contribution in [0.1, 0.15) is 28.8 Å². The summed E-state index contributed by atoms with van der Waals surface area (Å²) in [4.78, 5) is 11.5. The molecule has 1 fully saturated rings. The molecule has 2 rings (SSSR count). The summed E-state index contributed by atoms with van der Waals surface area (Å²) < 4.78 is 10.9. The number of halogens is 1. The number of esters is 1. The van der Waals surface area contributed by atoms with E-state index in [0.29, 0.717) is 18.0 Å². The summed E-state index contributed by atoms with van der Waals surface area (Å²) in [7, 11) is 1.37. The van der Waals surface area contributed by atoms with Crippen molar-refractivity contribution in [2.45, 2.75) is 25.4 Å². The molecule has 2 N–H and O–H groups in total. The predicted octanol–water partition coefficient (Wildman–Crippen LogP) is 2.11. The Hall–Kier alpha value is -0.950. The van der Waals surface area contributed by atoms with Gasteiger partial charge in [0.1, 0.15) is 0 Å². The van der Waals surface area contributed by atoms with Crippen molar-refractivity contribution in [1.29, 1.82) is 0 Å². The van der Waals surface area contributed by atoms with Gasteiger partial charge in [0.25, 0.3) is 0 Å². The second-order valence-corrected chi connectivity index (χ2v) is 6.27. The summed E-state index contributed by atoms with van der Waals surface area (Å²) in [5.74, 6) is 0.0857. The van der Waals surface area contributed by atoms with Gasteiger partial charge < -0.3 is 19.9 Å². The van der Waals surface area contributed by atoms with Crippen LogP contribution in [0.4, 0.5) is 0 Å². The Bertz CT molecular complexity index is 503. The van der Waals surface area contributed by atoms with E-state index >= 15 is 0 Å². The minimum atomic E-state index is -0.351. The zero-order chi connectivity index (χ0) is 15.9. The zero-order valence-corrected chi connectivity index (χ0v) is 14.3. The normalized spacial score (nSPS) is 17.2. The van der Waals surface area contributed by atoms with E-state index in [9.17, 15) is 9.90 Å². The van der Waals surface area contributed by atoms with Crippen LogP contribution in [0.15, 0.2) is 22.7 Å². The Kier molecular flexibility index (Phi) is 6.82. The van der Waals surface area contributed by atoms with Crippen LogP contribution >= 0.6 is 15.9 Å². The molecule has 0 radical (unpaired) electrons. The van der Waals surface area contributed by atoms with Crippen LogP contribution in [0, 0.1) is 5.92 Å². The van der Waals surface area contributed by atoms with E-state index in [2.05, 4.69) is 21.2 Å². The van der Waals surface area contributed by atoms with Crippen molar-refractivity contribution in [3.05, 3.63) is 33.8 Å². The van der Waals surface area contributed by atoms with Crippen molar-refractivity contribution in [2.24, 2.45) is 5.92 Å². The lowest BCUT2D eigenvalue weighted by molar-refractivity contribution is 0.0435. The fourth-order valence-corrected chi connectivity index (χ4v) is 3.19. The molecule has 1 aromatic carbocycles. The lowest BCUT2D eigenvalue weighted by atomic mass is 9.92. The van der Waals surface area contributed by atoms with Crippen molar-refractivity contribution in [3.63, 3.8) is 0 Å². The Morgan fingerprint density at radius 3 is 2.82 bits per heavy atom. The monoisotopic (exact) mass is 371 g/mol. The van der Waals surface area contributed by atoms with Gasteiger partial charge in [0, 0.05) is 30.3 Å². The molecule has 1 saturated heterocycles. The van der Waals surface area contributed by atoms with E-state index in [0.717, 1.165) is 36.1 Å². The van der Waals surface area contributed by atoms with Crippen LogP contribution in [0.25, 0.3) is 0 Å². The third-order valence-electron chi connectivity index (χ3n) is 4.06. The van der Waals surface area contributed by atoms with Gasteiger partial charge in [-0.15, -0.1) is 0 Å². The second-order valence-electron chi connectivity index (χ2n) is 5.42. The molecule has 1 aliphatic heterocycles. The number of carbonyl (C=O) groups is 1. The van der Waals surface area contributed by atoms with Crippen molar-refractivity contribution < 1.29 is 19.4 Å². The molecule has 0 aliphatic carbocycles. The SMILES string of the molecule is COC(=O)c1ccc(CNC(CO)C2CCOCC2)c(Br)c1. The van der Waals surface area contributed by atoms with Gasteiger partial charge in [-0.1, -0.05) is 22.0 Å². The van der Waals surface area contributed by atoms with Crippen LogP contribution in [-0.2, 0) is 16.0 Å². The summed E-state index contributed by atoms with van der Waals surface area (Å²) in [5, 5.41) is 13.0. The summed E-state index contributed by atoms with van der Waals surface area (Å²) in [6.45, 7) is 2.27. The number of carbonyl (C=O) groups excluding carboxylic acids is 1. The van der Waals surface area contributed by atoms with E-state index in [1.807, 2.05) is 6.07 Å². The molecular formula is C16H22BrNO4. The Morgan fingerprint density at radius 1 is 1.50 bits per heavy atom.